The Labute approximate surface area is 190 Å². The summed E-state index contributed by atoms with van der Waals surface area (Å²) >= 11 is 0. The summed E-state index contributed by atoms with van der Waals surface area (Å²) in [7, 11) is 0. The quantitative estimate of drug-likeness (QED) is 0.299. The zero-order valence-corrected chi connectivity index (χ0v) is 18.4. The van der Waals surface area contributed by atoms with Crippen LogP contribution in [0.5, 0.6) is 5.75 Å². The van der Waals surface area contributed by atoms with Gasteiger partial charge in [-0.2, -0.15) is 13.2 Å². The molecule has 3 aromatic rings. The Balaban J connectivity index is 1.63. The molecular weight excluding hydrogens is 433 g/mol. The van der Waals surface area contributed by atoms with Crippen molar-refractivity contribution in [2.24, 2.45) is 5.41 Å². The molecule has 0 spiro atoms. The van der Waals surface area contributed by atoms with Crippen LogP contribution in [0.25, 0.3) is 22.3 Å². The van der Waals surface area contributed by atoms with E-state index in [0.29, 0.717) is 11.3 Å². The number of aryl methyl sites for hydroxylation is 1. The maximum Gasteiger partial charge on any atom is 0.401 e. The standard InChI is InChI=1S/C26H25F3O4/c1-4-16-8-6-7-9-19(16)21-14-17-10-11-18(15-20(17)32-21)31-22-12-13-23(33-24(30)5-2)25(22,3)26(27,28)29/h5-11,14-15,22-23H,2,4,12-13H2,1,3H3. The van der Waals surface area contributed by atoms with Crippen molar-refractivity contribution in [1.29, 1.82) is 0 Å². The average molecular weight is 458 g/mol. The highest BCUT2D eigenvalue weighted by atomic mass is 19.4. The number of alkyl halides is 3. The second kappa shape index (κ2) is 8.61. The van der Waals surface area contributed by atoms with Crippen LogP contribution in [0.3, 0.4) is 0 Å². The Hall–Kier alpha value is -3.22. The van der Waals surface area contributed by atoms with Crippen molar-refractivity contribution in [3.8, 4) is 17.1 Å². The van der Waals surface area contributed by atoms with Crippen LogP contribution in [-0.2, 0) is 16.0 Å². The maximum atomic E-state index is 14.1. The van der Waals surface area contributed by atoms with Crippen LogP contribution in [0.4, 0.5) is 13.2 Å². The van der Waals surface area contributed by atoms with E-state index in [-0.39, 0.29) is 18.6 Å². The first-order valence-electron chi connectivity index (χ1n) is 10.9. The van der Waals surface area contributed by atoms with Gasteiger partial charge < -0.3 is 13.9 Å². The van der Waals surface area contributed by atoms with Gasteiger partial charge in [-0.1, -0.05) is 37.8 Å². The topological polar surface area (TPSA) is 48.7 Å². The average Bonchev–Trinajstić information content (AvgIpc) is 3.35. The van der Waals surface area contributed by atoms with Crippen LogP contribution in [0.2, 0.25) is 0 Å². The molecule has 0 bridgehead atoms. The molecule has 174 valence electrons. The highest BCUT2D eigenvalue weighted by Gasteiger charge is 2.66. The summed E-state index contributed by atoms with van der Waals surface area (Å²) in [6.45, 7) is 6.37. The number of benzene rings is 2. The lowest BCUT2D eigenvalue weighted by molar-refractivity contribution is -0.262. The lowest BCUT2D eigenvalue weighted by atomic mass is 9.83. The van der Waals surface area contributed by atoms with E-state index in [9.17, 15) is 18.0 Å². The van der Waals surface area contributed by atoms with Gasteiger partial charge >= 0.3 is 12.1 Å². The minimum absolute atomic E-state index is 0.0429. The van der Waals surface area contributed by atoms with Gasteiger partial charge in [0.1, 0.15) is 34.7 Å². The molecular formula is C26H25F3O4. The van der Waals surface area contributed by atoms with Gasteiger partial charge in [0, 0.05) is 23.1 Å². The number of esters is 1. The summed E-state index contributed by atoms with van der Waals surface area (Å²) in [4.78, 5) is 11.6. The summed E-state index contributed by atoms with van der Waals surface area (Å²) < 4.78 is 59.2. The van der Waals surface area contributed by atoms with E-state index >= 15 is 0 Å². The summed E-state index contributed by atoms with van der Waals surface area (Å²) in [6.07, 6.45) is -5.35. The monoisotopic (exact) mass is 458 g/mol. The van der Waals surface area contributed by atoms with Gasteiger partial charge in [0.15, 0.2) is 0 Å². The van der Waals surface area contributed by atoms with E-state index in [1.807, 2.05) is 30.3 Å². The van der Waals surface area contributed by atoms with E-state index in [1.54, 1.807) is 18.2 Å². The Bertz CT molecular complexity index is 1180. The molecule has 4 nitrogen and oxygen atoms in total. The van der Waals surface area contributed by atoms with Gasteiger partial charge in [-0.3, -0.25) is 0 Å². The molecule has 3 unspecified atom stereocenters. The zero-order chi connectivity index (χ0) is 23.8. The molecule has 1 aromatic heterocycles. The zero-order valence-electron chi connectivity index (χ0n) is 18.4. The fraction of sp³-hybridized carbons (Fsp3) is 0.346. The lowest BCUT2D eigenvalue weighted by Gasteiger charge is -2.37. The van der Waals surface area contributed by atoms with Crippen molar-refractivity contribution in [2.75, 3.05) is 0 Å². The second-order valence-electron chi connectivity index (χ2n) is 8.41. The number of halogens is 3. The van der Waals surface area contributed by atoms with Gasteiger partial charge in [-0.05, 0) is 49.9 Å². The molecule has 1 aliphatic rings. The van der Waals surface area contributed by atoms with E-state index in [4.69, 9.17) is 13.9 Å². The molecule has 1 saturated carbocycles. The molecule has 0 aliphatic heterocycles. The highest BCUT2D eigenvalue weighted by molar-refractivity contribution is 5.84. The van der Waals surface area contributed by atoms with Crippen molar-refractivity contribution in [2.45, 2.75) is 51.5 Å². The SMILES string of the molecule is C=CC(=O)OC1CCC(Oc2ccc3cc(-c4ccccc4CC)oc3c2)C1(C)C(F)(F)F. The molecule has 0 N–H and O–H groups in total. The number of fused-ring (bicyclic) bond motifs is 1. The van der Waals surface area contributed by atoms with Crippen molar-refractivity contribution in [3.63, 3.8) is 0 Å². The van der Waals surface area contributed by atoms with Crippen molar-refractivity contribution < 1.29 is 31.9 Å². The van der Waals surface area contributed by atoms with E-state index in [2.05, 4.69) is 13.5 Å². The predicted octanol–water partition coefficient (Wildman–Crippen LogP) is 6.87. The number of carbonyl (C=O) groups excluding carboxylic acids is 1. The van der Waals surface area contributed by atoms with Crippen molar-refractivity contribution >= 4 is 16.9 Å². The number of hydrogen-bond acceptors (Lipinski definition) is 4. The normalized spacial score (nSPS) is 22.9. The first-order valence-corrected chi connectivity index (χ1v) is 10.9. The van der Waals surface area contributed by atoms with Gasteiger partial charge in [-0.15, -0.1) is 0 Å². The molecule has 1 aliphatic carbocycles. The summed E-state index contributed by atoms with van der Waals surface area (Å²) in [6, 6.07) is 14.8. The van der Waals surface area contributed by atoms with Gasteiger partial charge in [0.25, 0.3) is 0 Å². The Morgan fingerprint density at radius 2 is 1.91 bits per heavy atom. The van der Waals surface area contributed by atoms with Crippen molar-refractivity contribution in [1.82, 2.24) is 0 Å². The molecule has 4 rings (SSSR count). The van der Waals surface area contributed by atoms with Crippen LogP contribution in [0.1, 0.15) is 32.3 Å². The van der Waals surface area contributed by atoms with E-state index in [0.717, 1.165) is 35.9 Å². The largest absolute Gasteiger partial charge is 0.489 e. The van der Waals surface area contributed by atoms with Gasteiger partial charge in [0.2, 0.25) is 0 Å². The molecule has 3 atom stereocenters. The van der Waals surface area contributed by atoms with Gasteiger partial charge in [0.05, 0.1) is 0 Å². The second-order valence-corrected chi connectivity index (χ2v) is 8.41. The Morgan fingerprint density at radius 3 is 2.61 bits per heavy atom. The van der Waals surface area contributed by atoms with Crippen LogP contribution in [-0.4, -0.2) is 24.4 Å². The number of rotatable bonds is 6. The number of hydrogen-bond donors (Lipinski definition) is 0. The fourth-order valence-electron chi connectivity index (χ4n) is 4.48. The first-order chi connectivity index (χ1) is 15.7. The van der Waals surface area contributed by atoms with E-state index < -0.39 is 29.8 Å². The van der Waals surface area contributed by atoms with Crippen LogP contribution in [0.15, 0.2) is 65.6 Å². The maximum absolute atomic E-state index is 14.1. The number of ether oxygens (including phenoxy) is 2. The minimum atomic E-state index is -4.63. The molecule has 7 heteroatoms. The summed E-state index contributed by atoms with van der Waals surface area (Å²) in [5.41, 5.74) is 0.287. The highest BCUT2D eigenvalue weighted by Crippen LogP contribution is 2.53. The molecule has 2 aromatic carbocycles. The third-order valence-electron chi connectivity index (χ3n) is 6.50. The Morgan fingerprint density at radius 1 is 1.18 bits per heavy atom. The summed E-state index contributed by atoms with van der Waals surface area (Å²) in [5.74, 6) is 0.0772. The molecule has 33 heavy (non-hydrogen) atoms. The summed E-state index contributed by atoms with van der Waals surface area (Å²) in [5, 5.41) is 0.825. The number of furan rings is 1. The van der Waals surface area contributed by atoms with Crippen LogP contribution in [0, 0.1) is 5.41 Å². The third kappa shape index (κ3) is 4.12. The van der Waals surface area contributed by atoms with Crippen LogP contribution >= 0.6 is 0 Å². The Kier molecular flexibility index (Phi) is 5.99. The molecule has 1 heterocycles. The van der Waals surface area contributed by atoms with E-state index in [1.165, 1.54) is 0 Å². The van der Waals surface area contributed by atoms with Crippen LogP contribution < -0.4 is 4.74 Å². The fourth-order valence-corrected chi connectivity index (χ4v) is 4.48. The predicted molar refractivity (Wildman–Crippen MR) is 119 cm³/mol. The third-order valence-corrected chi connectivity index (χ3v) is 6.50. The van der Waals surface area contributed by atoms with Crippen molar-refractivity contribution in [3.05, 3.63) is 66.7 Å². The number of carbonyl (C=O) groups is 1. The smallest absolute Gasteiger partial charge is 0.401 e. The lowest BCUT2D eigenvalue weighted by Crippen LogP contribution is -2.51. The molecule has 0 saturated heterocycles. The molecule has 1 fully saturated rings. The minimum Gasteiger partial charge on any atom is -0.489 e. The first kappa shape index (κ1) is 23.0. The molecule has 0 amide bonds. The molecule has 0 radical (unpaired) electrons. The van der Waals surface area contributed by atoms with Gasteiger partial charge in [-0.25, -0.2) is 4.79 Å².